The van der Waals surface area contributed by atoms with Crippen molar-refractivity contribution < 1.29 is 33.7 Å². The van der Waals surface area contributed by atoms with Crippen LogP contribution in [0.25, 0.3) is 0 Å². The Labute approximate surface area is 164 Å². The van der Waals surface area contributed by atoms with E-state index in [9.17, 15) is 14.4 Å². The summed E-state index contributed by atoms with van der Waals surface area (Å²) in [6.07, 6.45) is 1.27. The van der Waals surface area contributed by atoms with Gasteiger partial charge in [-0.25, -0.2) is 9.59 Å². The van der Waals surface area contributed by atoms with Gasteiger partial charge in [0, 0.05) is 12.1 Å². The minimum Gasteiger partial charge on any atom is -0.490 e. The van der Waals surface area contributed by atoms with Crippen LogP contribution in [0.5, 0.6) is 11.5 Å². The lowest BCUT2D eigenvalue weighted by Gasteiger charge is -2.27. The van der Waals surface area contributed by atoms with Crippen LogP contribution in [0.3, 0.4) is 0 Å². The molecule has 1 saturated heterocycles. The maximum absolute atomic E-state index is 13.0. The van der Waals surface area contributed by atoms with Gasteiger partial charge in [0.1, 0.15) is 11.6 Å². The molecule has 1 aliphatic rings. The van der Waals surface area contributed by atoms with E-state index < -0.39 is 30.2 Å². The number of amides is 1. The van der Waals surface area contributed by atoms with Gasteiger partial charge in [-0.05, 0) is 58.7 Å². The average molecular weight is 393 g/mol. The molecule has 1 atom stereocenters. The smallest absolute Gasteiger partial charge is 0.341 e. The summed E-state index contributed by atoms with van der Waals surface area (Å²) in [6.45, 7) is 7.41. The van der Waals surface area contributed by atoms with E-state index >= 15 is 0 Å². The molecule has 0 bridgehead atoms. The molecular weight excluding hydrogens is 366 g/mol. The molecule has 0 aliphatic carbocycles. The SMILES string of the molecule is CCOc1cc(C(=O)N2CCCC2C(=O)OC(C)(C)C)ccc1OCC(=O)O. The highest BCUT2D eigenvalue weighted by Crippen LogP contribution is 2.30. The number of carboxylic acid groups (broad SMARTS) is 1. The van der Waals surface area contributed by atoms with Crippen molar-refractivity contribution >= 4 is 17.8 Å². The van der Waals surface area contributed by atoms with E-state index in [0.717, 1.165) is 0 Å². The second-order valence-electron chi connectivity index (χ2n) is 7.47. The molecule has 154 valence electrons. The van der Waals surface area contributed by atoms with Gasteiger partial charge in [0.05, 0.1) is 6.61 Å². The van der Waals surface area contributed by atoms with Crippen molar-refractivity contribution in [2.75, 3.05) is 19.8 Å². The first-order valence-corrected chi connectivity index (χ1v) is 9.27. The van der Waals surface area contributed by atoms with E-state index in [4.69, 9.17) is 19.3 Å². The van der Waals surface area contributed by atoms with Crippen molar-refractivity contribution in [2.45, 2.75) is 52.2 Å². The zero-order chi connectivity index (χ0) is 20.9. The van der Waals surface area contributed by atoms with E-state index in [2.05, 4.69) is 0 Å². The van der Waals surface area contributed by atoms with E-state index in [1.807, 2.05) is 0 Å². The number of aliphatic carboxylic acids is 1. The lowest BCUT2D eigenvalue weighted by Crippen LogP contribution is -2.43. The van der Waals surface area contributed by atoms with E-state index in [1.165, 1.54) is 23.1 Å². The van der Waals surface area contributed by atoms with E-state index in [0.29, 0.717) is 31.6 Å². The largest absolute Gasteiger partial charge is 0.490 e. The Bertz CT molecular complexity index is 739. The molecule has 0 radical (unpaired) electrons. The van der Waals surface area contributed by atoms with Crippen molar-refractivity contribution in [3.63, 3.8) is 0 Å². The molecule has 0 aromatic heterocycles. The number of esters is 1. The maximum atomic E-state index is 13.0. The van der Waals surface area contributed by atoms with Gasteiger partial charge in [0.15, 0.2) is 18.1 Å². The fourth-order valence-electron chi connectivity index (χ4n) is 2.96. The minimum atomic E-state index is -1.11. The predicted molar refractivity (Wildman–Crippen MR) is 101 cm³/mol. The number of hydrogen-bond donors (Lipinski definition) is 1. The molecule has 8 nitrogen and oxygen atoms in total. The van der Waals surface area contributed by atoms with Crippen LogP contribution in [-0.4, -0.2) is 59.3 Å². The van der Waals surface area contributed by atoms with E-state index in [1.54, 1.807) is 27.7 Å². The van der Waals surface area contributed by atoms with Gasteiger partial charge in [-0.1, -0.05) is 0 Å². The molecule has 1 heterocycles. The first kappa shape index (κ1) is 21.5. The second-order valence-corrected chi connectivity index (χ2v) is 7.47. The first-order valence-electron chi connectivity index (χ1n) is 9.27. The summed E-state index contributed by atoms with van der Waals surface area (Å²) < 4.78 is 16.1. The van der Waals surface area contributed by atoms with Gasteiger partial charge in [-0.15, -0.1) is 0 Å². The summed E-state index contributed by atoms with van der Waals surface area (Å²) in [5.74, 6) is -1.31. The van der Waals surface area contributed by atoms with Crippen molar-refractivity contribution in [1.82, 2.24) is 4.90 Å². The lowest BCUT2D eigenvalue weighted by atomic mass is 10.1. The Hall–Kier alpha value is -2.77. The third-order valence-electron chi connectivity index (χ3n) is 4.03. The van der Waals surface area contributed by atoms with Gasteiger partial charge < -0.3 is 24.2 Å². The molecular formula is C20H27NO7. The Morgan fingerprint density at radius 1 is 1.18 bits per heavy atom. The first-order chi connectivity index (χ1) is 13.1. The van der Waals surface area contributed by atoms with Gasteiger partial charge >= 0.3 is 11.9 Å². The topological polar surface area (TPSA) is 102 Å². The van der Waals surface area contributed by atoms with Crippen LogP contribution in [0.1, 0.15) is 50.9 Å². The standard InChI is InChI=1S/C20H27NO7/c1-5-26-16-11-13(8-9-15(16)27-12-17(22)23)18(24)21-10-6-7-14(21)19(25)28-20(2,3)4/h8-9,11,14H,5-7,10,12H2,1-4H3,(H,22,23). The van der Waals surface area contributed by atoms with Crippen LogP contribution in [-0.2, 0) is 14.3 Å². The molecule has 8 heteroatoms. The number of rotatable bonds is 7. The quantitative estimate of drug-likeness (QED) is 0.710. The van der Waals surface area contributed by atoms with Gasteiger partial charge in [-0.3, -0.25) is 4.79 Å². The fraction of sp³-hybridized carbons (Fsp3) is 0.550. The van der Waals surface area contributed by atoms with Crippen LogP contribution in [0, 0.1) is 0 Å². The van der Waals surface area contributed by atoms with Gasteiger partial charge in [0.2, 0.25) is 0 Å². The molecule has 0 spiro atoms. The van der Waals surface area contributed by atoms with Crippen LogP contribution >= 0.6 is 0 Å². The van der Waals surface area contributed by atoms with Crippen molar-refractivity contribution in [1.29, 1.82) is 0 Å². The highest BCUT2D eigenvalue weighted by atomic mass is 16.6. The third-order valence-corrected chi connectivity index (χ3v) is 4.03. The number of carboxylic acids is 1. The molecule has 1 amide bonds. The molecule has 0 saturated carbocycles. The molecule has 1 unspecified atom stereocenters. The predicted octanol–water partition coefficient (Wildman–Crippen LogP) is 2.50. The molecule has 2 rings (SSSR count). The van der Waals surface area contributed by atoms with Crippen molar-refractivity contribution in [2.24, 2.45) is 0 Å². The van der Waals surface area contributed by atoms with Crippen LogP contribution in [0.4, 0.5) is 0 Å². The Morgan fingerprint density at radius 2 is 1.89 bits per heavy atom. The zero-order valence-electron chi connectivity index (χ0n) is 16.7. The maximum Gasteiger partial charge on any atom is 0.341 e. The number of benzene rings is 1. The summed E-state index contributed by atoms with van der Waals surface area (Å²) >= 11 is 0. The minimum absolute atomic E-state index is 0.242. The molecule has 1 aromatic rings. The highest BCUT2D eigenvalue weighted by molar-refractivity contribution is 5.97. The molecule has 28 heavy (non-hydrogen) atoms. The summed E-state index contributed by atoms with van der Waals surface area (Å²) in [6, 6.07) is 3.92. The molecule has 1 fully saturated rings. The third kappa shape index (κ3) is 5.61. The average Bonchev–Trinajstić information content (AvgIpc) is 3.08. The summed E-state index contributed by atoms with van der Waals surface area (Å²) in [4.78, 5) is 37.7. The summed E-state index contributed by atoms with van der Waals surface area (Å²) in [7, 11) is 0. The molecule has 1 N–H and O–H groups in total. The van der Waals surface area contributed by atoms with Gasteiger partial charge in [0.25, 0.3) is 5.91 Å². The van der Waals surface area contributed by atoms with Gasteiger partial charge in [-0.2, -0.15) is 0 Å². The van der Waals surface area contributed by atoms with Crippen molar-refractivity contribution in [3.05, 3.63) is 23.8 Å². The Kier molecular flexibility index (Phi) is 6.88. The number of ether oxygens (including phenoxy) is 3. The molecule has 1 aliphatic heterocycles. The molecule has 1 aromatic carbocycles. The monoisotopic (exact) mass is 393 g/mol. The normalized spacial score (nSPS) is 16.6. The highest BCUT2D eigenvalue weighted by Gasteiger charge is 2.37. The van der Waals surface area contributed by atoms with E-state index in [-0.39, 0.29) is 17.4 Å². The summed E-state index contributed by atoms with van der Waals surface area (Å²) in [5.41, 5.74) is -0.291. The number of carbonyl (C=O) groups excluding carboxylic acids is 2. The number of nitrogens with zero attached hydrogens (tertiary/aromatic N) is 1. The number of carbonyl (C=O) groups is 3. The van der Waals surface area contributed by atoms with Crippen molar-refractivity contribution in [3.8, 4) is 11.5 Å². The second kappa shape index (κ2) is 8.95. The zero-order valence-corrected chi connectivity index (χ0v) is 16.7. The Balaban J connectivity index is 2.21. The Morgan fingerprint density at radius 3 is 2.50 bits per heavy atom. The number of hydrogen-bond acceptors (Lipinski definition) is 6. The lowest BCUT2D eigenvalue weighted by molar-refractivity contribution is -0.159. The fourth-order valence-corrected chi connectivity index (χ4v) is 2.96. The van der Waals surface area contributed by atoms with Crippen LogP contribution in [0.15, 0.2) is 18.2 Å². The van der Waals surface area contributed by atoms with Crippen LogP contribution in [0.2, 0.25) is 0 Å². The number of likely N-dealkylation sites (tertiary alicyclic amines) is 1. The van der Waals surface area contributed by atoms with Crippen LogP contribution < -0.4 is 9.47 Å². The summed E-state index contributed by atoms with van der Waals surface area (Å²) in [5, 5.41) is 8.77.